The van der Waals surface area contributed by atoms with Crippen molar-refractivity contribution in [3.8, 4) is 0 Å². The number of ether oxygens (including phenoxy) is 3. The van der Waals surface area contributed by atoms with Gasteiger partial charge in [-0.05, 0) is 40.2 Å². The molecule has 0 saturated carbocycles. The zero-order chi connectivity index (χ0) is 22.0. The lowest BCUT2D eigenvalue weighted by atomic mass is 10.2. The molecule has 29 heavy (non-hydrogen) atoms. The van der Waals surface area contributed by atoms with Gasteiger partial charge >= 0.3 is 18.0 Å². The molecule has 0 atom stereocenters. The average molecular weight is 429 g/mol. The number of carbonyl (C=O) groups excluding carboxylic acids is 4. The maximum absolute atomic E-state index is 12.1. The van der Waals surface area contributed by atoms with Crippen LogP contribution in [0.15, 0.2) is 6.07 Å². The summed E-state index contributed by atoms with van der Waals surface area (Å²) in [6.07, 6.45) is -0.0504. The second-order valence-electron chi connectivity index (χ2n) is 6.92. The summed E-state index contributed by atoms with van der Waals surface area (Å²) in [6, 6.07) is 1.67. The first kappa shape index (κ1) is 24.4. The summed E-state index contributed by atoms with van der Waals surface area (Å²) in [5.74, 6) is -1.75. The highest BCUT2D eigenvalue weighted by Gasteiger charge is 2.19. The quantitative estimate of drug-likeness (QED) is 0.458. The third kappa shape index (κ3) is 9.42. The van der Waals surface area contributed by atoms with Crippen LogP contribution in [0, 0.1) is 0 Å². The summed E-state index contributed by atoms with van der Waals surface area (Å²) in [7, 11) is 0. The third-order valence-electron chi connectivity index (χ3n) is 3.24. The fourth-order valence-electron chi connectivity index (χ4n) is 2.03. The zero-order valence-corrected chi connectivity index (χ0v) is 18.2. The Bertz CT molecular complexity index is 737. The van der Waals surface area contributed by atoms with Crippen LogP contribution in [0.2, 0.25) is 0 Å². The van der Waals surface area contributed by atoms with E-state index in [2.05, 4.69) is 10.6 Å². The number of amides is 2. The molecule has 9 nitrogen and oxygen atoms in total. The van der Waals surface area contributed by atoms with Crippen LogP contribution < -0.4 is 10.6 Å². The van der Waals surface area contributed by atoms with Crippen LogP contribution in [0.1, 0.15) is 56.3 Å². The molecule has 1 heterocycles. The number of carbonyl (C=O) groups is 4. The van der Waals surface area contributed by atoms with Crippen molar-refractivity contribution in [1.82, 2.24) is 5.32 Å². The summed E-state index contributed by atoms with van der Waals surface area (Å²) in [6.45, 7) is 8.54. The van der Waals surface area contributed by atoms with Crippen molar-refractivity contribution in [3.05, 3.63) is 16.5 Å². The molecule has 1 rings (SSSR count). The number of thiophene rings is 1. The van der Waals surface area contributed by atoms with Crippen LogP contribution in [-0.2, 0) is 30.2 Å². The van der Waals surface area contributed by atoms with Crippen molar-refractivity contribution < 1.29 is 33.4 Å². The molecule has 0 unspecified atom stereocenters. The first-order chi connectivity index (χ1) is 13.6. The molecule has 2 amide bonds. The molecule has 0 radical (unpaired) electrons. The maximum atomic E-state index is 12.1. The van der Waals surface area contributed by atoms with Crippen molar-refractivity contribution in [2.75, 3.05) is 25.1 Å². The normalized spacial score (nSPS) is 10.8. The monoisotopic (exact) mass is 428 g/mol. The number of hydrogen-bond donors (Lipinski definition) is 2. The number of esters is 2. The Kier molecular flexibility index (Phi) is 9.60. The first-order valence-electron chi connectivity index (χ1n) is 9.27. The summed E-state index contributed by atoms with van der Waals surface area (Å²) < 4.78 is 14.9. The Morgan fingerprint density at radius 2 is 1.79 bits per heavy atom. The van der Waals surface area contributed by atoms with Crippen molar-refractivity contribution in [2.24, 2.45) is 0 Å². The van der Waals surface area contributed by atoms with E-state index in [0.717, 1.165) is 4.88 Å². The minimum atomic E-state index is -0.651. The van der Waals surface area contributed by atoms with E-state index in [1.165, 1.54) is 11.3 Å². The summed E-state index contributed by atoms with van der Waals surface area (Å²) in [5, 5.41) is 5.35. The molecule has 0 aliphatic heterocycles. The molecule has 0 spiro atoms. The van der Waals surface area contributed by atoms with Gasteiger partial charge in [-0.3, -0.25) is 9.59 Å². The van der Waals surface area contributed by atoms with Crippen molar-refractivity contribution in [3.63, 3.8) is 0 Å². The second kappa shape index (κ2) is 11.4. The Morgan fingerprint density at radius 1 is 1.10 bits per heavy atom. The van der Waals surface area contributed by atoms with Gasteiger partial charge in [-0.25, -0.2) is 9.59 Å². The van der Waals surface area contributed by atoms with E-state index in [1.807, 2.05) is 6.92 Å². The first-order valence-corrected chi connectivity index (χ1v) is 10.1. The molecule has 0 fully saturated rings. The number of hydrogen-bond acceptors (Lipinski definition) is 8. The van der Waals surface area contributed by atoms with Crippen LogP contribution >= 0.6 is 11.3 Å². The van der Waals surface area contributed by atoms with E-state index in [1.54, 1.807) is 33.8 Å². The van der Waals surface area contributed by atoms with Crippen molar-refractivity contribution >= 4 is 40.3 Å². The van der Waals surface area contributed by atoms with E-state index in [4.69, 9.17) is 14.2 Å². The van der Waals surface area contributed by atoms with Crippen LogP contribution in [0.25, 0.3) is 0 Å². The van der Waals surface area contributed by atoms with Gasteiger partial charge in [0.1, 0.15) is 10.6 Å². The molecule has 1 aromatic rings. The number of anilines is 1. The minimum Gasteiger partial charge on any atom is -0.462 e. The fraction of sp³-hybridized carbons (Fsp3) is 0.579. The molecule has 0 aliphatic carbocycles. The predicted molar refractivity (Wildman–Crippen MR) is 108 cm³/mol. The van der Waals surface area contributed by atoms with Gasteiger partial charge in [0, 0.05) is 11.4 Å². The summed E-state index contributed by atoms with van der Waals surface area (Å²) in [4.78, 5) is 48.2. The topological polar surface area (TPSA) is 120 Å². The van der Waals surface area contributed by atoms with Crippen LogP contribution in [-0.4, -0.2) is 49.3 Å². The molecule has 162 valence electrons. The smallest absolute Gasteiger partial charge is 0.407 e. The van der Waals surface area contributed by atoms with Gasteiger partial charge < -0.3 is 24.8 Å². The molecule has 10 heteroatoms. The maximum Gasteiger partial charge on any atom is 0.407 e. The lowest BCUT2D eigenvalue weighted by molar-refractivity contribution is -0.147. The lowest BCUT2D eigenvalue weighted by Crippen LogP contribution is -2.34. The Morgan fingerprint density at radius 3 is 2.38 bits per heavy atom. The van der Waals surface area contributed by atoms with Crippen molar-refractivity contribution in [2.45, 2.75) is 53.1 Å². The highest BCUT2D eigenvalue weighted by atomic mass is 32.1. The SMILES string of the molecule is CCOC(=O)c1cc(CC)sc1NC(=O)COC(=O)CCNC(=O)OC(C)(C)C. The molecular formula is C19H28N2O7S. The van der Waals surface area contributed by atoms with Crippen LogP contribution in [0.4, 0.5) is 9.80 Å². The molecule has 2 N–H and O–H groups in total. The highest BCUT2D eigenvalue weighted by molar-refractivity contribution is 7.16. The van der Waals surface area contributed by atoms with Gasteiger partial charge in [0.25, 0.3) is 5.91 Å². The van der Waals surface area contributed by atoms with Gasteiger partial charge in [-0.2, -0.15) is 0 Å². The Labute approximate surface area is 174 Å². The van der Waals surface area contributed by atoms with E-state index in [-0.39, 0.29) is 25.1 Å². The van der Waals surface area contributed by atoms with E-state index < -0.39 is 36.1 Å². The van der Waals surface area contributed by atoms with Gasteiger partial charge in [-0.15, -0.1) is 11.3 Å². The minimum absolute atomic E-state index is 0.0210. The fourth-order valence-corrected chi connectivity index (χ4v) is 3.03. The van der Waals surface area contributed by atoms with Gasteiger partial charge in [-0.1, -0.05) is 6.92 Å². The van der Waals surface area contributed by atoms with Gasteiger partial charge in [0.2, 0.25) is 0 Å². The van der Waals surface area contributed by atoms with E-state index in [0.29, 0.717) is 11.4 Å². The zero-order valence-electron chi connectivity index (χ0n) is 17.4. The number of rotatable bonds is 9. The lowest BCUT2D eigenvalue weighted by Gasteiger charge is -2.19. The summed E-state index contributed by atoms with van der Waals surface area (Å²) >= 11 is 1.26. The number of nitrogens with one attached hydrogen (secondary N) is 2. The van der Waals surface area contributed by atoms with Crippen LogP contribution in [0.3, 0.4) is 0 Å². The molecule has 0 saturated heterocycles. The Hall–Kier alpha value is -2.62. The predicted octanol–water partition coefficient (Wildman–Crippen LogP) is 2.88. The van der Waals surface area contributed by atoms with Gasteiger partial charge in [0.05, 0.1) is 18.6 Å². The van der Waals surface area contributed by atoms with E-state index >= 15 is 0 Å². The molecule has 1 aromatic heterocycles. The molecule has 0 aliphatic rings. The number of alkyl carbamates (subject to hydrolysis) is 1. The second-order valence-corrected chi connectivity index (χ2v) is 8.05. The summed E-state index contributed by atoms with van der Waals surface area (Å²) in [5.41, 5.74) is -0.361. The molecule has 0 bridgehead atoms. The standard InChI is InChI=1S/C19H28N2O7S/c1-6-12-10-13(17(24)26-7-2)16(29-12)21-14(22)11-27-15(23)8-9-20-18(25)28-19(3,4)5/h10H,6-9,11H2,1-5H3,(H,20,25)(H,21,22). The largest absolute Gasteiger partial charge is 0.462 e. The van der Waals surface area contributed by atoms with E-state index in [9.17, 15) is 19.2 Å². The Balaban J connectivity index is 2.45. The van der Waals surface area contributed by atoms with Crippen LogP contribution in [0.5, 0.6) is 0 Å². The third-order valence-corrected chi connectivity index (χ3v) is 4.44. The van der Waals surface area contributed by atoms with Gasteiger partial charge in [0.15, 0.2) is 6.61 Å². The van der Waals surface area contributed by atoms with Crippen molar-refractivity contribution in [1.29, 1.82) is 0 Å². The highest BCUT2D eigenvalue weighted by Crippen LogP contribution is 2.29. The average Bonchev–Trinajstić information content (AvgIpc) is 3.01. The molecule has 0 aromatic carbocycles. The molecular weight excluding hydrogens is 400 g/mol. The number of aryl methyl sites for hydroxylation is 1.